The van der Waals surface area contributed by atoms with Crippen LogP contribution in [0.2, 0.25) is 5.02 Å². The van der Waals surface area contributed by atoms with Gasteiger partial charge < -0.3 is 4.57 Å². The topological polar surface area (TPSA) is 17.8 Å². The highest BCUT2D eigenvalue weighted by atomic mass is 35.5. The van der Waals surface area contributed by atoms with Crippen LogP contribution >= 0.6 is 35.0 Å². The zero-order valence-corrected chi connectivity index (χ0v) is 13.1. The molecule has 2 atom stereocenters. The van der Waals surface area contributed by atoms with Gasteiger partial charge in [-0.05, 0) is 43.7 Å². The van der Waals surface area contributed by atoms with Gasteiger partial charge in [-0.25, -0.2) is 4.98 Å². The van der Waals surface area contributed by atoms with Crippen molar-refractivity contribution in [3.8, 4) is 0 Å². The molecule has 1 aliphatic heterocycles. The molecule has 5 heteroatoms. The van der Waals surface area contributed by atoms with Crippen LogP contribution in [0.3, 0.4) is 0 Å². The molecule has 2 heterocycles. The van der Waals surface area contributed by atoms with Crippen molar-refractivity contribution in [1.29, 1.82) is 0 Å². The number of benzene rings is 1. The number of halogens is 2. The maximum Gasteiger partial charge on any atom is 0.127 e. The average Bonchev–Trinajstić information content (AvgIpc) is 2.98. The number of fused-ring (bicyclic) bond motifs is 1. The van der Waals surface area contributed by atoms with E-state index < -0.39 is 0 Å². The number of imidazole rings is 1. The lowest BCUT2D eigenvalue weighted by Crippen LogP contribution is -2.13. The van der Waals surface area contributed by atoms with E-state index in [9.17, 15) is 0 Å². The molecular formula is C14H16Cl2N2S. The Morgan fingerprint density at radius 3 is 3.05 bits per heavy atom. The van der Waals surface area contributed by atoms with Crippen LogP contribution < -0.4 is 0 Å². The van der Waals surface area contributed by atoms with Crippen LogP contribution in [0.15, 0.2) is 18.2 Å². The largest absolute Gasteiger partial charge is 0.326 e. The number of nitrogens with zero attached hydrogens (tertiary/aromatic N) is 2. The first-order chi connectivity index (χ1) is 9.15. The Morgan fingerprint density at radius 2 is 2.37 bits per heavy atom. The first kappa shape index (κ1) is 13.6. The molecule has 0 N–H and O–H groups in total. The van der Waals surface area contributed by atoms with Gasteiger partial charge in [-0.1, -0.05) is 11.6 Å². The fourth-order valence-electron chi connectivity index (χ4n) is 2.60. The molecule has 0 aliphatic carbocycles. The number of aromatic nitrogens is 2. The smallest absolute Gasteiger partial charge is 0.127 e. The van der Waals surface area contributed by atoms with Crippen molar-refractivity contribution < 1.29 is 0 Å². The Labute approximate surface area is 127 Å². The summed E-state index contributed by atoms with van der Waals surface area (Å²) in [7, 11) is 0. The zero-order chi connectivity index (χ0) is 13.4. The second-order valence-corrected chi connectivity index (χ2v) is 7.46. The fourth-order valence-corrected chi connectivity index (χ4v) is 4.19. The molecule has 1 aliphatic rings. The van der Waals surface area contributed by atoms with Crippen molar-refractivity contribution in [2.45, 2.75) is 36.9 Å². The van der Waals surface area contributed by atoms with Crippen molar-refractivity contribution in [3.63, 3.8) is 0 Å². The first-order valence-corrected chi connectivity index (χ1v) is 8.43. The van der Waals surface area contributed by atoms with Gasteiger partial charge >= 0.3 is 0 Å². The van der Waals surface area contributed by atoms with Gasteiger partial charge in [-0.15, -0.1) is 11.6 Å². The van der Waals surface area contributed by atoms with Gasteiger partial charge in [0.2, 0.25) is 0 Å². The summed E-state index contributed by atoms with van der Waals surface area (Å²) in [4.78, 5) is 4.66. The lowest BCUT2D eigenvalue weighted by Gasteiger charge is -2.14. The van der Waals surface area contributed by atoms with Crippen molar-refractivity contribution >= 4 is 46.0 Å². The van der Waals surface area contributed by atoms with Gasteiger partial charge in [0.15, 0.2) is 0 Å². The zero-order valence-electron chi connectivity index (χ0n) is 10.8. The first-order valence-electron chi connectivity index (χ1n) is 6.56. The third kappa shape index (κ3) is 2.74. The SMILES string of the molecule is CC(Cl)c1nc2ccc(Cl)cc2n1CC1CCCS1. The Kier molecular flexibility index (Phi) is 3.97. The highest BCUT2D eigenvalue weighted by Crippen LogP contribution is 2.32. The van der Waals surface area contributed by atoms with Crippen LogP contribution in [-0.4, -0.2) is 20.6 Å². The van der Waals surface area contributed by atoms with Crippen molar-refractivity contribution in [2.75, 3.05) is 5.75 Å². The molecule has 102 valence electrons. The van der Waals surface area contributed by atoms with E-state index in [0.717, 1.165) is 28.4 Å². The van der Waals surface area contributed by atoms with Crippen LogP contribution in [0, 0.1) is 0 Å². The van der Waals surface area contributed by atoms with Gasteiger partial charge in [-0.2, -0.15) is 11.8 Å². The minimum Gasteiger partial charge on any atom is -0.326 e. The predicted molar refractivity (Wildman–Crippen MR) is 84.5 cm³/mol. The molecule has 0 radical (unpaired) electrons. The second kappa shape index (κ2) is 5.55. The summed E-state index contributed by atoms with van der Waals surface area (Å²) in [5, 5.41) is 1.34. The molecule has 1 aromatic carbocycles. The van der Waals surface area contributed by atoms with Gasteiger partial charge in [-0.3, -0.25) is 0 Å². The van der Waals surface area contributed by atoms with E-state index in [4.69, 9.17) is 23.2 Å². The second-order valence-electron chi connectivity index (χ2n) is 4.96. The van der Waals surface area contributed by atoms with Gasteiger partial charge in [0.05, 0.1) is 16.4 Å². The predicted octanol–water partition coefficient (Wildman–Crippen LogP) is 4.89. The standard InChI is InChI=1S/C14H16Cl2N2S/c1-9(15)14-17-12-5-4-10(16)7-13(12)18(14)8-11-3-2-6-19-11/h4-5,7,9,11H,2-3,6,8H2,1H3. The van der Waals surface area contributed by atoms with E-state index in [1.807, 2.05) is 36.9 Å². The Morgan fingerprint density at radius 1 is 1.53 bits per heavy atom. The summed E-state index contributed by atoms with van der Waals surface area (Å²) in [6.07, 6.45) is 2.59. The highest BCUT2D eigenvalue weighted by Gasteiger charge is 2.21. The Bertz CT molecular complexity index is 588. The van der Waals surface area contributed by atoms with Crippen LogP contribution in [0.5, 0.6) is 0 Å². The molecule has 1 aromatic heterocycles. The van der Waals surface area contributed by atoms with E-state index in [-0.39, 0.29) is 5.38 Å². The normalized spacial score (nSPS) is 21.1. The number of rotatable bonds is 3. The molecule has 2 aromatic rings. The summed E-state index contributed by atoms with van der Waals surface area (Å²) in [6.45, 7) is 2.95. The molecule has 0 spiro atoms. The Hall–Kier alpha value is -0.380. The van der Waals surface area contributed by atoms with Crippen LogP contribution in [0.1, 0.15) is 31.0 Å². The number of alkyl halides is 1. The average molecular weight is 315 g/mol. The molecule has 3 rings (SSSR count). The quantitative estimate of drug-likeness (QED) is 0.751. The number of thioether (sulfide) groups is 1. The summed E-state index contributed by atoms with van der Waals surface area (Å²) in [6, 6.07) is 5.85. The Balaban J connectivity index is 2.06. The molecule has 19 heavy (non-hydrogen) atoms. The van der Waals surface area contributed by atoms with E-state index in [0.29, 0.717) is 5.25 Å². The number of hydrogen-bond donors (Lipinski definition) is 0. The van der Waals surface area contributed by atoms with Crippen molar-refractivity contribution in [3.05, 3.63) is 29.0 Å². The molecule has 0 bridgehead atoms. The molecular weight excluding hydrogens is 299 g/mol. The summed E-state index contributed by atoms with van der Waals surface area (Å²) in [5.41, 5.74) is 2.08. The van der Waals surface area contributed by atoms with Gasteiger partial charge in [0, 0.05) is 16.8 Å². The summed E-state index contributed by atoms with van der Waals surface area (Å²) in [5.74, 6) is 2.22. The molecule has 1 saturated heterocycles. The molecule has 0 saturated carbocycles. The van der Waals surface area contributed by atoms with Crippen molar-refractivity contribution in [2.24, 2.45) is 0 Å². The molecule has 2 unspecified atom stereocenters. The van der Waals surface area contributed by atoms with Crippen LogP contribution in [0.4, 0.5) is 0 Å². The van der Waals surface area contributed by atoms with Gasteiger partial charge in [0.1, 0.15) is 5.82 Å². The van der Waals surface area contributed by atoms with Gasteiger partial charge in [0.25, 0.3) is 0 Å². The minimum absolute atomic E-state index is 0.0856. The minimum atomic E-state index is -0.0856. The highest BCUT2D eigenvalue weighted by molar-refractivity contribution is 8.00. The molecule has 2 nitrogen and oxygen atoms in total. The van der Waals surface area contributed by atoms with E-state index >= 15 is 0 Å². The van der Waals surface area contributed by atoms with Crippen molar-refractivity contribution in [1.82, 2.24) is 9.55 Å². The third-order valence-corrected chi connectivity index (χ3v) is 5.32. The third-order valence-electron chi connectivity index (χ3n) is 3.51. The fraction of sp³-hybridized carbons (Fsp3) is 0.500. The number of hydrogen-bond acceptors (Lipinski definition) is 2. The molecule has 0 amide bonds. The summed E-state index contributed by atoms with van der Waals surface area (Å²) < 4.78 is 2.25. The lowest BCUT2D eigenvalue weighted by atomic mass is 10.2. The molecule has 1 fully saturated rings. The summed E-state index contributed by atoms with van der Waals surface area (Å²) >= 11 is 14.4. The van der Waals surface area contributed by atoms with Crippen LogP contribution in [0.25, 0.3) is 11.0 Å². The van der Waals surface area contributed by atoms with Crippen LogP contribution in [-0.2, 0) is 6.54 Å². The van der Waals surface area contributed by atoms with E-state index in [1.54, 1.807) is 0 Å². The van der Waals surface area contributed by atoms with E-state index in [1.165, 1.54) is 18.6 Å². The van der Waals surface area contributed by atoms with E-state index in [2.05, 4.69) is 9.55 Å². The maximum absolute atomic E-state index is 6.28. The monoisotopic (exact) mass is 314 g/mol. The maximum atomic E-state index is 6.28. The lowest BCUT2D eigenvalue weighted by molar-refractivity contribution is 0.623.